The summed E-state index contributed by atoms with van der Waals surface area (Å²) >= 11 is 5.90. The third-order valence-corrected chi connectivity index (χ3v) is 3.08. The lowest BCUT2D eigenvalue weighted by molar-refractivity contribution is 0.102. The van der Waals surface area contributed by atoms with Crippen molar-refractivity contribution in [2.75, 3.05) is 11.1 Å². The lowest BCUT2D eigenvalue weighted by atomic mass is 10.2. The fraction of sp³-hybridized carbons (Fsp3) is 0.231. The molecule has 1 heterocycles. The van der Waals surface area contributed by atoms with Gasteiger partial charge in [-0.2, -0.15) is 5.10 Å². The number of halogens is 1. The highest BCUT2D eigenvalue weighted by Crippen LogP contribution is 2.21. The number of aromatic nitrogens is 2. The van der Waals surface area contributed by atoms with Gasteiger partial charge in [0.1, 0.15) is 0 Å². The molecule has 100 valence electrons. The lowest BCUT2D eigenvalue weighted by Gasteiger charge is -2.05. The molecule has 6 heteroatoms. The van der Waals surface area contributed by atoms with E-state index in [-0.39, 0.29) is 5.91 Å². The molecule has 0 aliphatic heterocycles. The molecule has 0 bridgehead atoms. The maximum atomic E-state index is 12.1. The van der Waals surface area contributed by atoms with Gasteiger partial charge in [-0.3, -0.25) is 9.48 Å². The Hall–Kier alpha value is -2.01. The third-order valence-electron chi connectivity index (χ3n) is 2.75. The van der Waals surface area contributed by atoms with Crippen LogP contribution in [0.3, 0.4) is 0 Å². The van der Waals surface area contributed by atoms with Gasteiger partial charge in [-0.05, 0) is 24.6 Å². The summed E-state index contributed by atoms with van der Waals surface area (Å²) in [6.07, 6.45) is 2.52. The monoisotopic (exact) mass is 278 g/mol. The maximum Gasteiger partial charge on any atom is 0.255 e. The SMILES string of the molecule is CCc1nn(C)cc1NC(=O)c1ccc(N)c(Cl)c1. The second-order valence-corrected chi connectivity index (χ2v) is 4.61. The highest BCUT2D eigenvalue weighted by molar-refractivity contribution is 6.33. The van der Waals surface area contributed by atoms with Crippen LogP contribution in [0.1, 0.15) is 23.0 Å². The van der Waals surface area contributed by atoms with Crippen LogP contribution in [-0.4, -0.2) is 15.7 Å². The molecular formula is C13H15ClN4O. The number of amides is 1. The van der Waals surface area contributed by atoms with E-state index in [9.17, 15) is 4.79 Å². The number of nitrogens with one attached hydrogen (secondary N) is 1. The van der Waals surface area contributed by atoms with Crippen LogP contribution in [0.25, 0.3) is 0 Å². The van der Waals surface area contributed by atoms with Crippen molar-refractivity contribution in [3.05, 3.63) is 40.7 Å². The Labute approximate surface area is 116 Å². The van der Waals surface area contributed by atoms with Gasteiger partial charge in [0.25, 0.3) is 5.91 Å². The number of rotatable bonds is 3. The van der Waals surface area contributed by atoms with Crippen molar-refractivity contribution in [3.8, 4) is 0 Å². The maximum absolute atomic E-state index is 12.1. The number of carbonyl (C=O) groups excluding carboxylic acids is 1. The summed E-state index contributed by atoms with van der Waals surface area (Å²) in [5.41, 5.74) is 8.08. The van der Waals surface area contributed by atoms with Gasteiger partial charge in [0.15, 0.2) is 0 Å². The van der Waals surface area contributed by atoms with Gasteiger partial charge >= 0.3 is 0 Å². The molecule has 1 amide bonds. The molecule has 0 aliphatic rings. The smallest absolute Gasteiger partial charge is 0.255 e. The van der Waals surface area contributed by atoms with Crippen LogP contribution in [-0.2, 0) is 13.5 Å². The van der Waals surface area contributed by atoms with Gasteiger partial charge in [-0.1, -0.05) is 18.5 Å². The molecule has 0 fully saturated rings. The van der Waals surface area contributed by atoms with Crippen LogP contribution < -0.4 is 11.1 Å². The largest absolute Gasteiger partial charge is 0.398 e. The Morgan fingerprint density at radius 1 is 1.53 bits per heavy atom. The first-order chi connectivity index (χ1) is 9.01. The summed E-state index contributed by atoms with van der Waals surface area (Å²) in [7, 11) is 1.81. The molecule has 0 saturated carbocycles. The summed E-state index contributed by atoms with van der Waals surface area (Å²) < 4.78 is 1.67. The van der Waals surface area contributed by atoms with Crippen molar-refractivity contribution < 1.29 is 4.79 Å². The normalized spacial score (nSPS) is 10.5. The second kappa shape index (κ2) is 5.32. The average molecular weight is 279 g/mol. The molecular weight excluding hydrogens is 264 g/mol. The number of nitrogens with zero attached hydrogens (tertiary/aromatic N) is 2. The molecule has 2 rings (SSSR count). The predicted molar refractivity (Wildman–Crippen MR) is 76.4 cm³/mol. The molecule has 2 aromatic rings. The molecule has 19 heavy (non-hydrogen) atoms. The second-order valence-electron chi connectivity index (χ2n) is 4.21. The van der Waals surface area contributed by atoms with Crippen LogP contribution in [0.2, 0.25) is 5.02 Å². The van der Waals surface area contributed by atoms with Crippen molar-refractivity contribution in [3.63, 3.8) is 0 Å². The van der Waals surface area contributed by atoms with Gasteiger partial charge in [0, 0.05) is 18.8 Å². The number of anilines is 2. The van der Waals surface area contributed by atoms with Crippen LogP contribution in [0.5, 0.6) is 0 Å². The van der Waals surface area contributed by atoms with E-state index in [2.05, 4.69) is 10.4 Å². The van der Waals surface area contributed by atoms with Crippen molar-refractivity contribution in [1.82, 2.24) is 9.78 Å². The van der Waals surface area contributed by atoms with E-state index < -0.39 is 0 Å². The predicted octanol–water partition coefficient (Wildman–Crippen LogP) is 2.47. The van der Waals surface area contributed by atoms with E-state index in [1.807, 2.05) is 14.0 Å². The Morgan fingerprint density at radius 2 is 2.26 bits per heavy atom. The molecule has 1 aromatic heterocycles. The Bertz CT molecular complexity index is 621. The van der Waals surface area contributed by atoms with Gasteiger partial charge < -0.3 is 11.1 Å². The first-order valence-electron chi connectivity index (χ1n) is 5.90. The number of benzene rings is 1. The van der Waals surface area contributed by atoms with E-state index in [0.717, 1.165) is 12.1 Å². The van der Waals surface area contributed by atoms with Crippen LogP contribution in [0.4, 0.5) is 11.4 Å². The van der Waals surface area contributed by atoms with Crippen molar-refractivity contribution in [2.24, 2.45) is 7.05 Å². The Morgan fingerprint density at radius 3 is 2.89 bits per heavy atom. The summed E-state index contributed by atoms with van der Waals surface area (Å²) in [6, 6.07) is 4.80. The fourth-order valence-electron chi connectivity index (χ4n) is 1.76. The zero-order valence-electron chi connectivity index (χ0n) is 10.8. The zero-order valence-corrected chi connectivity index (χ0v) is 11.5. The summed E-state index contributed by atoms with van der Waals surface area (Å²) in [5.74, 6) is -0.232. The molecule has 0 saturated heterocycles. The van der Waals surface area contributed by atoms with Gasteiger partial charge in [-0.25, -0.2) is 0 Å². The quantitative estimate of drug-likeness (QED) is 0.847. The Kier molecular flexibility index (Phi) is 3.76. The molecule has 0 unspecified atom stereocenters. The molecule has 1 aromatic carbocycles. The molecule has 0 spiro atoms. The number of aryl methyl sites for hydroxylation is 2. The molecule has 0 atom stereocenters. The minimum Gasteiger partial charge on any atom is -0.398 e. The minimum absolute atomic E-state index is 0.232. The first kappa shape index (κ1) is 13.4. The highest BCUT2D eigenvalue weighted by atomic mass is 35.5. The van der Waals surface area contributed by atoms with Crippen molar-refractivity contribution >= 4 is 28.9 Å². The Balaban J connectivity index is 2.22. The molecule has 0 radical (unpaired) electrons. The van der Waals surface area contributed by atoms with E-state index in [1.165, 1.54) is 0 Å². The first-order valence-corrected chi connectivity index (χ1v) is 6.28. The molecule has 5 nitrogen and oxygen atoms in total. The average Bonchev–Trinajstić information content (AvgIpc) is 2.72. The minimum atomic E-state index is -0.232. The van der Waals surface area contributed by atoms with E-state index in [0.29, 0.717) is 22.0 Å². The zero-order chi connectivity index (χ0) is 14.0. The van der Waals surface area contributed by atoms with E-state index in [4.69, 9.17) is 17.3 Å². The number of hydrogen-bond acceptors (Lipinski definition) is 3. The standard InChI is InChI=1S/C13H15ClN4O/c1-3-11-12(7-18(2)17-11)16-13(19)8-4-5-10(15)9(14)6-8/h4-7H,3,15H2,1-2H3,(H,16,19). The van der Waals surface area contributed by atoms with E-state index in [1.54, 1.807) is 29.1 Å². The summed E-state index contributed by atoms with van der Waals surface area (Å²) in [4.78, 5) is 12.1. The fourth-order valence-corrected chi connectivity index (χ4v) is 1.94. The molecule has 0 aliphatic carbocycles. The van der Waals surface area contributed by atoms with Crippen LogP contribution >= 0.6 is 11.6 Å². The van der Waals surface area contributed by atoms with Gasteiger partial charge in [0.2, 0.25) is 0 Å². The topological polar surface area (TPSA) is 72.9 Å². The molecule has 3 N–H and O–H groups in total. The highest BCUT2D eigenvalue weighted by Gasteiger charge is 2.12. The van der Waals surface area contributed by atoms with Crippen LogP contribution in [0, 0.1) is 0 Å². The van der Waals surface area contributed by atoms with Crippen molar-refractivity contribution in [1.29, 1.82) is 0 Å². The summed E-state index contributed by atoms with van der Waals surface area (Å²) in [6.45, 7) is 1.98. The summed E-state index contributed by atoms with van der Waals surface area (Å²) in [5, 5.41) is 7.46. The van der Waals surface area contributed by atoms with Crippen molar-refractivity contribution in [2.45, 2.75) is 13.3 Å². The van der Waals surface area contributed by atoms with Gasteiger partial charge in [0.05, 0.1) is 22.1 Å². The number of nitrogens with two attached hydrogens (primary N) is 1. The number of hydrogen-bond donors (Lipinski definition) is 2. The number of nitrogen functional groups attached to an aromatic ring is 1. The van der Waals surface area contributed by atoms with Gasteiger partial charge in [-0.15, -0.1) is 0 Å². The van der Waals surface area contributed by atoms with E-state index >= 15 is 0 Å². The van der Waals surface area contributed by atoms with Crippen LogP contribution in [0.15, 0.2) is 24.4 Å². The number of carbonyl (C=O) groups is 1. The lowest BCUT2D eigenvalue weighted by Crippen LogP contribution is -2.12. The third kappa shape index (κ3) is 2.88.